The fraction of sp³-hybridized carbons (Fsp3) is 0.333. The molecular formula is C9H11ClS. The van der Waals surface area contributed by atoms with Crippen molar-refractivity contribution in [3.05, 3.63) is 34.9 Å². The molecular weight excluding hydrogens is 176 g/mol. The number of benzene rings is 1. The quantitative estimate of drug-likeness (QED) is 0.689. The number of aryl methyl sites for hydroxylation is 1. The molecule has 0 unspecified atom stereocenters. The molecule has 0 saturated carbocycles. The van der Waals surface area contributed by atoms with E-state index in [1.165, 1.54) is 5.56 Å². The van der Waals surface area contributed by atoms with E-state index in [0.29, 0.717) is 0 Å². The molecule has 1 rings (SSSR count). The number of hydrogen-bond acceptors (Lipinski definition) is 1. The molecule has 0 N–H and O–H groups in total. The second kappa shape index (κ2) is 4.68. The van der Waals surface area contributed by atoms with Gasteiger partial charge in [0.1, 0.15) is 0 Å². The Hall–Kier alpha value is -0.140. The van der Waals surface area contributed by atoms with Crippen LogP contribution in [0.5, 0.6) is 0 Å². The van der Waals surface area contributed by atoms with E-state index in [-0.39, 0.29) is 0 Å². The predicted octanol–water partition coefficient (Wildman–Crippen LogP) is 3.20. The Morgan fingerprint density at radius 2 is 1.82 bits per heavy atom. The first-order valence-corrected chi connectivity index (χ1v) is 4.69. The van der Waals surface area contributed by atoms with Gasteiger partial charge in [-0.1, -0.05) is 23.7 Å². The van der Waals surface area contributed by atoms with Crippen molar-refractivity contribution in [2.75, 3.05) is 5.75 Å². The Balaban J connectivity index is 2.52. The zero-order valence-electron chi connectivity index (χ0n) is 6.26. The fourth-order valence-corrected chi connectivity index (χ4v) is 1.22. The summed E-state index contributed by atoms with van der Waals surface area (Å²) in [6.07, 6.45) is 2.23. The highest BCUT2D eigenvalue weighted by Gasteiger charge is 1.91. The van der Waals surface area contributed by atoms with E-state index in [4.69, 9.17) is 11.6 Å². The van der Waals surface area contributed by atoms with Gasteiger partial charge >= 0.3 is 0 Å². The summed E-state index contributed by atoms with van der Waals surface area (Å²) in [6, 6.07) is 7.97. The van der Waals surface area contributed by atoms with Crippen molar-refractivity contribution < 1.29 is 0 Å². The molecule has 60 valence electrons. The standard InChI is InChI=1S/C9H11ClS/c10-9-5-3-8(4-6-9)2-1-7-11/h3-6,11H,1-2,7H2. The molecule has 0 aliphatic heterocycles. The molecule has 0 fully saturated rings. The molecule has 0 bridgehead atoms. The Bertz CT molecular complexity index is 205. The molecule has 0 saturated heterocycles. The summed E-state index contributed by atoms with van der Waals surface area (Å²) in [7, 11) is 0. The highest BCUT2D eigenvalue weighted by atomic mass is 35.5. The highest BCUT2D eigenvalue weighted by molar-refractivity contribution is 7.80. The maximum absolute atomic E-state index is 5.73. The minimum atomic E-state index is 0.805. The molecule has 0 spiro atoms. The van der Waals surface area contributed by atoms with Gasteiger partial charge in [0.05, 0.1) is 0 Å². The van der Waals surface area contributed by atoms with Crippen molar-refractivity contribution in [1.29, 1.82) is 0 Å². The average Bonchev–Trinajstić information content (AvgIpc) is 2.04. The number of halogens is 1. The van der Waals surface area contributed by atoms with E-state index in [1.54, 1.807) is 0 Å². The largest absolute Gasteiger partial charge is 0.179 e. The van der Waals surface area contributed by atoms with Crippen LogP contribution in [0.1, 0.15) is 12.0 Å². The summed E-state index contributed by atoms with van der Waals surface area (Å²) >= 11 is 9.88. The summed E-state index contributed by atoms with van der Waals surface area (Å²) in [5.74, 6) is 0.947. The minimum absolute atomic E-state index is 0.805. The van der Waals surface area contributed by atoms with Crippen molar-refractivity contribution in [3.63, 3.8) is 0 Å². The van der Waals surface area contributed by atoms with Gasteiger partial charge < -0.3 is 0 Å². The lowest BCUT2D eigenvalue weighted by Crippen LogP contribution is -1.84. The van der Waals surface area contributed by atoms with Crippen LogP contribution in [0.3, 0.4) is 0 Å². The maximum Gasteiger partial charge on any atom is 0.0406 e. The van der Waals surface area contributed by atoms with Gasteiger partial charge in [-0.25, -0.2) is 0 Å². The molecule has 11 heavy (non-hydrogen) atoms. The van der Waals surface area contributed by atoms with Crippen molar-refractivity contribution in [1.82, 2.24) is 0 Å². The normalized spacial score (nSPS) is 10.0. The maximum atomic E-state index is 5.73. The van der Waals surface area contributed by atoms with Gasteiger partial charge in [0.25, 0.3) is 0 Å². The molecule has 0 radical (unpaired) electrons. The minimum Gasteiger partial charge on any atom is -0.179 e. The topological polar surface area (TPSA) is 0 Å². The lowest BCUT2D eigenvalue weighted by atomic mass is 10.1. The van der Waals surface area contributed by atoms with Crippen LogP contribution in [-0.2, 0) is 6.42 Å². The van der Waals surface area contributed by atoms with Gasteiger partial charge in [-0.2, -0.15) is 12.6 Å². The molecule has 0 amide bonds. The summed E-state index contributed by atoms with van der Waals surface area (Å²) in [4.78, 5) is 0. The Morgan fingerprint density at radius 1 is 1.18 bits per heavy atom. The van der Waals surface area contributed by atoms with Crippen LogP contribution in [0.15, 0.2) is 24.3 Å². The Morgan fingerprint density at radius 3 is 2.36 bits per heavy atom. The Kier molecular flexibility index (Phi) is 3.81. The SMILES string of the molecule is SCCCc1ccc(Cl)cc1. The first-order valence-electron chi connectivity index (χ1n) is 3.68. The van der Waals surface area contributed by atoms with Crippen LogP contribution in [0.2, 0.25) is 5.02 Å². The lowest BCUT2D eigenvalue weighted by molar-refractivity contribution is 0.936. The smallest absolute Gasteiger partial charge is 0.0406 e. The van der Waals surface area contributed by atoms with Crippen molar-refractivity contribution >= 4 is 24.2 Å². The fourth-order valence-electron chi connectivity index (χ4n) is 0.934. The van der Waals surface area contributed by atoms with Crippen molar-refractivity contribution in [2.24, 2.45) is 0 Å². The van der Waals surface area contributed by atoms with E-state index >= 15 is 0 Å². The second-order valence-corrected chi connectivity index (χ2v) is 3.34. The molecule has 0 atom stereocenters. The molecule has 0 heterocycles. The van der Waals surface area contributed by atoms with Gasteiger partial charge in [-0.15, -0.1) is 0 Å². The first kappa shape index (κ1) is 8.95. The van der Waals surface area contributed by atoms with Crippen LogP contribution in [0.25, 0.3) is 0 Å². The van der Waals surface area contributed by atoms with E-state index in [2.05, 4.69) is 24.8 Å². The van der Waals surface area contributed by atoms with Crippen LogP contribution in [0.4, 0.5) is 0 Å². The van der Waals surface area contributed by atoms with Gasteiger partial charge in [0.15, 0.2) is 0 Å². The van der Waals surface area contributed by atoms with Crippen LogP contribution >= 0.6 is 24.2 Å². The third-order valence-corrected chi connectivity index (χ3v) is 2.11. The van der Waals surface area contributed by atoms with E-state index in [9.17, 15) is 0 Å². The van der Waals surface area contributed by atoms with Gasteiger partial charge in [-0.3, -0.25) is 0 Å². The zero-order chi connectivity index (χ0) is 8.10. The lowest BCUT2D eigenvalue weighted by Gasteiger charge is -1.97. The van der Waals surface area contributed by atoms with Crippen LogP contribution < -0.4 is 0 Å². The average molecular weight is 187 g/mol. The zero-order valence-corrected chi connectivity index (χ0v) is 7.91. The predicted molar refractivity (Wildman–Crippen MR) is 53.6 cm³/mol. The van der Waals surface area contributed by atoms with Crippen molar-refractivity contribution in [2.45, 2.75) is 12.8 Å². The number of rotatable bonds is 3. The van der Waals surface area contributed by atoms with E-state index in [1.807, 2.05) is 12.1 Å². The summed E-state index contributed by atoms with van der Waals surface area (Å²) < 4.78 is 0. The molecule has 0 aliphatic rings. The molecule has 1 aromatic carbocycles. The highest BCUT2D eigenvalue weighted by Crippen LogP contribution is 2.10. The van der Waals surface area contributed by atoms with Crippen LogP contribution in [-0.4, -0.2) is 5.75 Å². The summed E-state index contributed by atoms with van der Waals surface area (Å²) in [5.41, 5.74) is 1.34. The molecule has 1 aromatic rings. The second-order valence-electron chi connectivity index (χ2n) is 2.45. The third-order valence-electron chi connectivity index (χ3n) is 1.54. The van der Waals surface area contributed by atoms with Gasteiger partial charge in [0.2, 0.25) is 0 Å². The third kappa shape index (κ3) is 3.17. The molecule has 0 aromatic heterocycles. The first-order chi connectivity index (χ1) is 5.33. The monoisotopic (exact) mass is 186 g/mol. The Labute approximate surface area is 78.0 Å². The molecule has 2 heteroatoms. The number of hydrogen-bond donors (Lipinski definition) is 1. The van der Waals surface area contributed by atoms with Crippen LogP contribution in [0, 0.1) is 0 Å². The van der Waals surface area contributed by atoms with Gasteiger partial charge in [0, 0.05) is 5.02 Å². The van der Waals surface area contributed by atoms with Crippen molar-refractivity contribution in [3.8, 4) is 0 Å². The van der Waals surface area contributed by atoms with E-state index < -0.39 is 0 Å². The molecule has 0 aliphatic carbocycles. The summed E-state index contributed by atoms with van der Waals surface area (Å²) in [5, 5.41) is 0.805. The van der Waals surface area contributed by atoms with E-state index in [0.717, 1.165) is 23.6 Å². The van der Waals surface area contributed by atoms with Gasteiger partial charge in [-0.05, 0) is 36.3 Å². The molecule has 0 nitrogen and oxygen atoms in total. The summed E-state index contributed by atoms with van der Waals surface area (Å²) in [6.45, 7) is 0. The number of thiol groups is 1.